The van der Waals surface area contributed by atoms with Gasteiger partial charge in [0.25, 0.3) is 0 Å². The van der Waals surface area contributed by atoms with E-state index in [0.717, 1.165) is 18.0 Å². The van der Waals surface area contributed by atoms with Crippen molar-refractivity contribution in [3.05, 3.63) is 23.8 Å². The first-order valence-electron chi connectivity index (χ1n) is 6.39. The molecule has 0 aromatic heterocycles. The minimum Gasteiger partial charge on any atom is -0.490 e. The van der Waals surface area contributed by atoms with Gasteiger partial charge < -0.3 is 15.2 Å². The Morgan fingerprint density at radius 3 is 2.47 bits per heavy atom. The fraction of sp³-hybridized carbons (Fsp3) is 0.571. The number of hydrogen-bond acceptors (Lipinski definition) is 3. The van der Waals surface area contributed by atoms with Crippen LogP contribution in [0.15, 0.2) is 18.2 Å². The lowest BCUT2D eigenvalue weighted by Gasteiger charge is -2.12. The zero-order chi connectivity index (χ0) is 12.3. The van der Waals surface area contributed by atoms with Gasteiger partial charge in [0, 0.05) is 0 Å². The van der Waals surface area contributed by atoms with Crippen molar-refractivity contribution in [1.82, 2.24) is 0 Å². The van der Waals surface area contributed by atoms with Crippen LogP contribution in [0.25, 0.3) is 0 Å². The summed E-state index contributed by atoms with van der Waals surface area (Å²) in [5.74, 6) is 2.97. The van der Waals surface area contributed by atoms with Crippen LogP contribution >= 0.6 is 0 Å². The molecule has 1 saturated carbocycles. The van der Waals surface area contributed by atoms with Crippen molar-refractivity contribution in [2.75, 3.05) is 19.8 Å². The molecule has 0 aliphatic heterocycles. The SMILES string of the molecule is CCOc1ccc(C2CC2CN)cc1OCC. The summed E-state index contributed by atoms with van der Waals surface area (Å²) in [7, 11) is 0. The van der Waals surface area contributed by atoms with Crippen LogP contribution in [0.5, 0.6) is 11.5 Å². The third-order valence-corrected chi connectivity index (χ3v) is 3.22. The minimum absolute atomic E-state index is 0.620. The van der Waals surface area contributed by atoms with Gasteiger partial charge in [0.1, 0.15) is 0 Å². The second-order valence-corrected chi connectivity index (χ2v) is 4.41. The molecule has 1 aliphatic rings. The first-order chi connectivity index (χ1) is 8.30. The Balaban J connectivity index is 2.17. The molecule has 0 bridgehead atoms. The van der Waals surface area contributed by atoms with E-state index in [9.17, 15) is 0 Å². The molecule has 2 N–H and O–H groups in total. The number of rotatable bonds is 6. The van der Waals surface area contributed by atoms with Gasteiger partial charge >= 0.3 is 0 Å². The summed E-state index contributed by atoms with van der Waals surface area (Å²) in [5.41, 5.74) is 7.01. The normalized spacial score (nSPS) is 22.3. The van der Waals surface area contributed by atoms with Gasteiger partial charge in [-0.25, -0.2) is 0 Å². The minimum atomic E-state index is 0.620. The van der Waals surface area contributed by atoms with Crippen LogP contribution in [0.3, 0.4) is 0 Å². The van der Waals surface area contributed by atoms with E-state index in [1.54, 1.807) is 0 Å². The molecule has 1 aromatic carbocycles. The predicted molar refractivity (Wildman–Crippen MR) is 68.7 cm³/mol. The van der Waals surface area contributed by atoms with Crippen LogP contribution < -0.4 is 15.2 Å². The summed E-state index contributed by atoms with van der Waals surface area (Å²) in [4.78, 5) is 0. The fourth-order valence-corrected chi connectivity index (χ4v) is 2.21. The summed E-state index contributed by atoms with van der Waals surface area (Å²) < 4.78 is 11.2. The highest BCUT2D eigenvalue weighted by molar-refractivity contribution is 5.45. The van der Waals surface area contributed by atoms with E-state index < -0.39 is 0 Å². The molecule has 0 amide bonds. The molecule has 2 atom stereocenters. The van der Waals surface area contributed by atoms with E-state index in [0.29, 0.717) is 25.0 Å². The third kappa shape index (κ3) is 2.72. The summed E-state index contributed by atoms with van der Waals surface area (Å²) in [6, 6.07) is 6.25. The summed E-state index contributed by atoms with van der Waals surface area (Å²) in [6.07, 6.45) is 1.20. The highest BCUT2D eigenvalue weighted by atomic mass is 16.5. The largest absolute Gasteiger partial charge is 0.490 e. The van der Waals surface area contributed by atoms with Gasteiger partial charge in [0.2, 0.25) is 0 Å². The van der Waals surface area contributed by atoms with E-state index >= 15 is 0 Å². The third-order valence-electron chi connectivity index (χ3n) is 3.22. The van der Waals surface area contributed by atoms with Crippen molar-refractivity contribution in [2.24, 2.45) is 11.7 Å². The van der Waals surface area contributed by atoms with Crippen LogP contribution in [-0.4, -0.2) is 19.8 Å². The lowest BCUT2D eigenvalue weighted by atomic mass is 10.1. The number of nitrogens with two attached hydrogens (primary N) is 1. The molecule has 1 aliphatic carbocycles. The lowest BCUT2D eigenvalue weighted by Crippen LogP contribution is -2.02. The number of benzene rings is 1. The molecule has 0 heterocycles. The Labute approximate surface area is 103 Å². The topological polar surface area (TPSA) is 44.5 Å². The van der Waals surface area contributed by atoms with Crippen LogP contribution in [0.1, 0.15) is 31.7 Å². The van der Waals surface area contributed by atoms with E-state index in [-0.39, 0.29) is 0 Å². The lowest BCUT2D eigenvalue weighted by molar-refractivity contribution is 0.287. The molecule has 1 fully saturated rings. The van der Waals surface area contributed by atoms with Gasteiger partial charge in [-0.2, -0.15) is 0 Å². The van der Waals surface area contributed by atoms with E-state index in [4.69, 9.17) is 15.2 Å². The maximum absolute atomic E-state index is 5.68. The smallest absolute Gasteiger partial charge is 0.161 e. The summed E-state index contributed by atoms with van der Waals surface area (Å²) in [5, 5.41) is 0. The molecule has 2 unspecified atom stereocenters. The molecule has 2 rings (SSSR count). The van der Waals surface area contributed by atoms with Crippen molar-refractivity contribution >= 4 is 0 Å². The zero-order valence-corrected chi connectivity index (χ0v) is 10.6. The quantitative estimate of drug-likeness (QED) is 0.824. The molecule has 1 aromatic rings. The van der Waals surface area contributed by atoms with Crippen LogP contribution in [0.2, 0.25) is 0 Å². The maximum atomic E-state index is 5.68. The Morgan fingerprint density at radius 2 is 1.88 bits per heavy atom. The van der Waals surface area contributed by atoms with Crippen LogP contribution in [0, 0.1) is 5.92 Å². The maximum Gasteiger partial charge on any atom is 0.161 e. The van der Waals surface area contributed by atoms with Crippen molar-refractivity contribution in [2.45, 2.75) is 26.2 Å². The van der Waals surface area contributed by atoms with Gasteiger partial charge in [-0.1, -0.05) is 6.07 Å². The Hall–Kier alpha value is -1.22. The first kappa shape index (κ1) is 12.2. The molecule has 0 saturated heterocycles. The molecule has 3 nitrogen and oxygen atoms in total. The van der Waals surface area contributed by atoms with E-state index in [1.807, 2.05) is 19.9 Å². The molecule has 94 valence electrons. The molecule has 0 radical (unpaired) electrons. The fourth-order valence-electron chi connectivity index (χ4n) is 2.21. The van der Waals surface area contributed by atoms with Crippen molar-refractivity contribution in [3.8, 4) is 11.5 Å². The van der Waals surface area contributed by atoms with E-state index in [2.05, 4.69) is 12.1 Å². The van der Waals surface area contributed by atoms with Gasteiger partial charge in [-0.3, -0.25) is 0 Å². The van der Waals surface area contributed by atoms with Gasteiger partial charge in [0.15, 0.2) is 11.5 Å². The van der Waals surface area contributed by atoms with Crippen molar-refractivity contribution < 1.29 is 9.47 Å². The average molecular weight is 235 g/mol. The zero-order valence-electron chi connectivity index (χ0n) is 10.6. The van der Waals surface area contributed by atoms with Gasteiger partial charge in [0.05, 0.1) is 13.2 Å². The number of hydrogen-bond donors (Lipinski definition) is 1. The van der Waals surface area contributed by atoms with E-state index in [1.165, 1.54) is 12.0 Å². The number of ether oxygens (including phenoxy) is 2. The Kier molecular flexibility index (Phi) is 3.89. The van der Waals surface area contributed by atoms with Crippen molar-refractivity contribution in [1.29, 1.82) is 0 Å². The molecule has 17 heavy (non-hydrogen) atoms. The highest BCUT2D eigenvalue weighted by Gasteiger charge is 2.37. The van der Waals surface area contributed by atoms with Gasteiger partial charge in [-0.05, 0) is 56.3 Å². The first-order valence-corrected chi connectivity index (χ1v) is 6.39. The molecule has 0 spiro atoms. The average Bonchev–Trinajstić information content (AvgIpc) is 3.11. The monoisotopic (exact) mass is 235 g/mol. The summed E-state index contributed by atoms with van der Waals surface area (Å²) >= 11 is 0. The second kappa shape index (κ2) is 5.41. The summed E-state index contributed by atoms with van der Waals surface area (Å²) in [6.45, 7) is 6.07. The molecular weight excluding hydrogens is 214 g/mol. The second-order valence-electron chi connectivity index (χ2n) is 4.41. The molecular formula is C14H21NO2. The standard InChI is InChI=1S/C14H21NO2/c1-3-16-13-6-5-10(8-14(13)17-4-2)12-7-11(12)9-15/h5-6,8,11-12H,3-4,7,9,15H2,1-2H3. The highest BCUT2D eigenvalue weighted by Crippen LogP contribution is 2.48. The van der Waals surface area contributed by atoms with Gasteiger partial charge in [-0.15, -0.1) is 0 Å². The Morgan fingerprint density at radius 1 is 1.18 bits per heavy atom. The van der Waals surface area contributed by atoms with Crippen molar-refractivity contribution in [3.63, 3.8) is 0 Å². The van der Waals surface area contributed by atoms with Crippen LogP contribution in [-0.2, 0) is 0 Å². The molecule has 3 heteroatoms. The Bertz CT molecular complexity index is 378. The predicted octanol–water partition coefficient (Wildman–Crippen LogP) is 2.55. The van der Waals surface area contributed by atoms with Crippen LogP contribution in [0.4, 0.5) is 0 Å².